The van der Waals surface area contributed by atoms with Crippen molar-refractivity contribution < 1.29 is 4.79 Å². The normalized spacial score (nSPS) is 18.6. The smallest absolute Gasteiger partial charge is 0.262 e. The van der Waals surface area contributed by atoms with Crippen LogP contribution in [0.25, 0.3) is 11.0 Å². The zero-order valence-electron chi connectivity index (χ0n) is 16.5. The van der Waals surface area contributed by atoms with Gasteiger partial charge in [-0.2, -0.15) is 5.10 Å². The van der Waals surface area contributed by atoms with Crippen molar-refractivity contribution in [2.24, 2.45) is 7.05 Å². The van der Waals surface area contributed by atoms with Crippen LogP contribution in [0.4, 0.5) is 11.4 Å². The number of carbonyl (C=O) groups is 1. The van der Waals surface area contributed by atoms with Gasteiger partial charge in [-0.15, -0.1) is 0 Å². The van der Waals surface area contributed by atoms with Gasteiger partial charge in [-0.05, 0) is 31.4 Å². The summed E-state index contributed by atoms with van der Waals surface area (Å²) in [5.41, 5.74) is 2.46. The Morgan fingerprint density at radius 3 is 2.93 bits per heavy atom. The highest BCUT2D eigenvalue weighted by molar-refractivity contribution is 5.98. The van der Waals surface area contributed by atoms with Crippen molar-refractivity contribution in [3.63, 3.8) is 0 Å². The highest BCUT2D eigenvalue weighted by atomic mass is 16.2. The third kappa shape index (κ3) is 3.08. The summed E-state index contributed by atoms with van der Waals surface area (Å²) < 4.78 is 1.58. The van der Waals surface area contributed by atoms with Crippen molar-refractivity contribution in [2.75, 3.05) is 22.9 Å². The van der Waals surface area contributed by atoms with Crippen molar-refractivity contribution in [2.45, 2.75) is 38.1 Å². The summed E-state index contributed by atoms with van der Waals surface area (Å²) in [5, 5.41) is 4.55. The Morgan fingerprint density at radius 1 is 1.24 bits per heavy atom. The lowest BCUT2D eigenvalue weighted by atomic mass is 9.96. The second kappa shape index (κ2) is 7.02. The number of hydrogen-bond acceptors (Lipinski definition) is 5. The Kier molecular flexibility index (Phi) is 4.34. The van der Waals surface area contributed by atoms with Crippen LogP contribution < -0.4 is 15.4 Å². The van der Waals surface area contributed by atoms with E-state index in [-0.39, 0.29) is 11.5 Å². The van der Waals surface area contributed by atoms with Crippen LogP contribution >= 0.6 is 0 Å². The molecule has 2 aliphatic heterocycles. The van der Waals surface area contributed by atoms with Crippen LogP contribution in [0.2, 0.25) is 0 Å². The van der Waals surface area contributed by atoms with E-state index in [4.69, 9.17) is 0 Å². The minimum atomic E-state index is -0.216. The first-order valence-corrected chi connectivity index (χ1v) is 10.2. The molecule has 2 aromatic heterocycles. The molecule has 0 saturated carbocycles. The van der Waals surface area contributed by atoms with Gasteiger partial charge >= 0.3 is 0 Å². The molecule has 1 atom stereocenters. The zero-order chi connectivity index (χ0) is 20.0. The van der Waals surface area contributed by atoms with Crippen molar-refractivity contribution in [3.05, 3.63) is 46.6 Å². The molecule has 29 heavy (non-hydrogen) atoms. The first-order valence-electron chi connectivity index (χ1n) is 10.2. The number of anilines is 2. The van der Waals surface area contributed by atoms with E-state index in [0.29, 0.717) is 35.7 Å². The van der Waals surface area contributed by atoms with Gasteiger partial charge < -0.3 is 14.8 Å². The predicted molar refractivity (Wildman–Crippen MR) is 111 cm³/mol. The first kappa shape index (κ1) is 17.9. The van der Waals surface area contributed by atoms with E-state index in [2.05, 4.69) is 26.0 Å². The summed E-state index contributed by atoms with van der Waals surface area (Å²) in [6.45, 7) is 1.78. The standard InChI is InChI=1S/C21H24N6O2/c1-25-20-15(12-22-25)21(29)24-18(23-20)9-10-19(28)27-13-14-6-4-5-11-26(14)16-7-2-3-8-17(16)27/h2-3,7-8,12,14H,4-6,9-11,13H2,1H3,(H,23,24,29). The lowest BCUT2D eigenvalue weighted by molar-refractivity contribution is -0.118. The lowest BCUT2D eigenvalue weighted by Gasteiger charge is -2.46. The maximum Gasteiger partial charge on any atom is 0.262 e. The van der Waals surface area contributed by atoms with Crippen molar-refractivity contribution >= 4 is 28.3 Å². The molecular weight excluding hydrogens is 368 g/mol. The van der Waals surface area contributed by atoms with Crippen molar-refractivity contribution in [1.82, 2.24) is 19.7 Å². The summed E-state index contributed by atoms with van der Waals surface area (Å²) in [6, 6.07) is 8.54. The Hall–Kier alpha value is -3.16. The molecule has 1 N–H and O–H groups in total. The Labute approximate surface area is 168 Å². The number of benzene rings is 1. The average Bonchev–Trinajstić information content (AvgIpc) is 3.13. The molecule has 1 unspecified atom stereocenters. The largest absolute Gasteiger partial charge is 0.365 e. The van der Waals surface area contributed by atoms with Crippen LogP contribution in [-0.2, 0) is 18.3 Å². The molecule has 0 bridgehead atoms. The number of aryl methyl sites for hydroxylation is 2. The van der Waals surface area contributed by atoms with E-state index in [1.807, 2.05) is 23.1 Å². The number of fused-ring (bicyclic) bond motifs is 4. The van der Waals surface area contributed by atoms with Gasteiger partial charge in [-0.25, -0.2) is 4.98 Å². The number of amides is 1. The average molecular weight is 392 g/mol. The van der Waals surface area contributed by atoms with Crippen LogP contribution in [0.1, 0.15) is 31.5 Å². The summed E-state index contributed by atoms with van der Waals surface area (Å²) in [5.74, 6) is 0.583. The molecule has 3 aromatic rings. The van der Waals surface area contributed by atoms with Crippen LogP contribution in [-0.4, -0.2) is 44.8 Å². The Balaban J connectivity index is 1.38. The molecule has 1 fully saturated rings. The predicted octanol–water partition coefficient (Wildman–Crippen LogP) is 1.99. The van der Waals surface area contributed by atoms with E-state index in [1.54, 1.807) is 11.7 Å². The van der Waals surface area contributed by atoms with Gasteiger partial charge in [-0.3, -0.25) is 14.3 Å². The van der Waals surface area contributed by atoms with Gasteiger partial charge in [0, 0.05) is 39.0 Å². The molecule has 1 amide bonds. The SMILES string of the molecule is Cn1ncc2c(=O)[nH]c(CCC(=O)N3CC4CCCCN4c4ccccc43)nc21. The van der Waals surface area contributed by atoms with Crippen LogP contribution in [0.3, 0.4) is 0 Å². The minimum absolute atomic E-state index is 0.0652. The molecule has 8 heteroatoms. The van der Waals surface area contributed by atoms with Crippen molar-refractivity contribution in [3.8, 4) is 0 Å². The van der Waals surface area contributed by atoms with E-state index in [9.17, 15) is 9.59 Å². The number of hydrogen-bond donors (Lipinski definition) is 1. The topological polar surface area (TPSA) is 87.1 Å². The first-order chi connectivity index (χ1) is 14.1. The number of aromatic nitrogens is 4. The summed E-state index contributed by atoms with van der Waals surface area (Å²) in [4.78, 5) is 37.0. The molecule has 2 aliphatic rings. The number of rotatable bonds is 3. The van der Waals surface area contributed by atoms with Gasteiger partial charge in [0.1, 0.15) is 11.2 Å². The molecular formula is C21H24N6O2. The fourth-order valence-electron chi connectivity index (χ4n) is 4.54. The molecule has 0 radical (unpaired) electrons. The third-order valence-corrected chi connectivity index (χ3v) is 6.03. The molecule has 1 saturated heterocycles. The molecule has 150 valence electrons. The summed E-state index contributed by atoms with van der Waals surface area (Å²) in [7, 11) is 1.75. The number of H-pyrrole nitrogens is 1. The summed E-state index contributed by atoms with van der Waals surface area (Å²) >= 11 is 0. The van der Waals surface area contributed by atoms with Gasteiger partial charge in [0.25, 0.3) is 5.56 Å². The van der Waals surface area contributed by atoms with E-state index in [0.717, 1.165) is 30.9 Å². The van der Waals surface area contributed by atoms with E-state index < -0.39 is 0 Å². The lowest BCUT2D eigenvalue weighted by Crippen LogP contribution is -2.53. The Bertz CT molecular complexity index is 1130. The van der Waals surface area contributed by atoms with E-state index >= 15 is 0 Å². The fourth-order valence-corrected chi connectivity index (χ4v) is 4.54. The molecule has 5 rings (SSSR count). The minimum Gasteiger partial charge on any atom is -0.365 e. The van der Waals surface area contributed by atoms with E-state index in [1.165, 1.54) is 19.0 Å². The number of aromatic amines is 1. The number of piperidine rings is 1. The number of nitrogens with zero attached hydrogens (tertiary/aromatic N) is 5. The monoisotopic (exact) mass is 392 g/mol. The molecule has 0 spiro atoms. The summed E-state index contributed by atoms with van der Waals surface area (Å²) in [6.07, 6.45) is 5.73. The second-order valence-corrected chi connectivity index (χ2v) is 7.85. The van der Waals surface area contributed by atoms with Gasteiger partial charge in [0.15, 0.2) is 5.65 Å². The molecule has 8 nitrogen and oxygen atoms in total. The van der Waals surface area contributed by atoms with Gasteiger partial charge in [0.2, 0.25) is 5.91 Å². The maximum absolute atomic E-state index is 13.1. The van der Waals surface area contributed by atoms with Crippen LogP contribution in [0, 0.1) is 0 Å². The molecule has 4 heterocycles. The number of nitrogens with one attached hydrogen (secondary N) is 1. The highest BCUT2D eigenvalue weighted by Gasteiger charge is 2.34. The molecule has 0 aliphatic carbocycles. The van der Waals surface area contributed by atoms with Crippen LogP contribution in [0.15, 0.2) is 35.3 Å². The number of carbonyl (C=O) groups excluding carboxylic acids is 1. The zero-order valence-corrected chi connectivity index (χ0v) is 16.5. The maximum atomic E-state index is 13.1. The van der Waals surface area contributed by atoms with Crippen molar-refractivity contribution in [1.29, 1.82) is 0 Å². The quantitative estimate of drug-likeness (QED) is 0.737. The Morgan fingerprint density at radius 2 is 2.07 bits per heavy atom. The van der Waals surface area contributed by atoms with Gasteiger partial charge in [-0.1, -0.05) is 12.1 Å². The third-order valence-electron chi connectivity index (χ3n) is 6.03. The highest BCUT2D eigenvalue weighted by Crippen LogP contribution is 2.38. The number of para-hydroxylation sites is 2. The fraction of sp³-hybridized carbons (Fsp3) is 0.429. The second-order valence-electron chi connectivity index (χ2n) is 7.85. The van der Waals surface area contributed by atoms with Gasteiger partial charge in [0.05, 0.1) is 17.6 Å². The van der Waals surface area contributed by atoms with Crippen LogP contribution in [0.5, 0.6) is 0 Å². The molecule has 1 aromatic carbocycles.